The van der Waals surface area contributed by atoms with Crippen LogP contribution in [0.2, 0.25) is 0 Å². The van der Waals surface area contributed by atoms with Crippen LogP contribution < -0.4 is 25.0 Å². The van der Waals surface area contributed by atoms with Gasteiger partial charge < -0.3 is 30.4 Å². The van der Waals surface area contributed by atoms with Gasteiger partial charge in [-0.1, -0.05) is 19.9 Å². The fraction of sp³-hybridized carbons (Fsp3) is 0.500. The van der Waals surface area contributed by atoms with E-state index in [1.165, 1.54) is 19.1 Å². The molecule has 0 unspecified atom stereocenters. The maximum Gasteiger partial charge on any atom is 0.252 e. The Labute approximate surface area is 239 Å². The number of nitrogens with zero attached hydrogens (tertiary/aromatic N) is 2. The number of benzene rings is 2. The van der Waals surface area contributed by atoms with E-state index in [4.69, 9.17) is 14.9 Å². The van der Waals surface area contributed by atoms with E-state index < -0.39 is 0 Å². The third kappa shape index (κ3) is 6.12. The maximum absolute atomic E-state index is 13.6. The van der Waals surface area contributed by atoms with Crippen molar-refractivity contribution in [1.29, 1.82) is 5.41 Å². The Morgan fingerprint density at radius 3 is 2.48 bits per heavy atom. The summed E-state index contributed by atoms with van der Waals surface area (Å²) in [7, 11) is 3.41. The van der Waals surface area contributed by atoms with Gasteiger partial charge in [0.1, 0.15) is 0 Å². The Bertz CT molecular complexity index is 1230. The molecule has 3 atom stereocenters. The summed E-state index contributed by atoms with van der Waals surface area (Å²) in [5, 5.41) is 14.2. The molecule has 4 rings (SSSR count). The van der Waals surface area contributed by atoms with E-state index >= 15 is 0 Å². The average Bonchev–Trinajstić information content (AvgIpc) is 3.21. The number of allylic oxidation sites excluding steroid dienone is 1. The zero-order chi connectivity index (χ0) is 28.8. The number of methoxy groups -OCH3 is 1. The second-order valence-electron chi connectivity index (χ2n) is 10.8. The molecule has 0 aliphatic carbocycles. The molecule has 40 heavy (non-hydrogen) atoms. The number of hydrogen-bond acceptors (Lipinski definition) is 7. The van der Waals surface area contributed by atoms with Crippen molar-refractivity contribution >= 4 is 23.4 Å². The van der Waals surface area contributed by atoms with Crippen molar-refractivity contribution < 1.29 is 14.3 Å². The van der Waals surface area contributed by atoms with Crippen LogP contribution in [0, 0.1) is 12.3 Å². The van der Waals surface area contributed by atoms with Gasteiger partial charge in [0.15, 0.2) is 11.5 Å². The highest BCUT2D eigenvalue weighted by Gasteiger charge is 2.39. The molecule has 0 radical (unpaired) electrons. The molecule has 2 heterocycles. The number of ether oxygens (including phenoxy) is 2. The largest absolute Gasteiger partial charge is 0.493 e. The van der Waals surface area contributed by atoms with Gasteiger partial charge in [0.2, 0.25) is 0 Å². The van der Waals surface area contributed by atoms with Crippen LogP contribution in [0.4, 0.5) is 5.69 Å². The van der Waals surface area contributed by atoms with Gasteiger partial charge in [0, 0.05) is 67.0 Å². The number of hydrogen-bond donors (Lipinski definition) is 3. The second-order valence-corrected chi connectivity index (χ2v) is 10.8. The fourth-order valence-corrected chi connectivity index (χ4v) is 6.07. The number of fused-ring (bicyclic) bond motifs is 2. The molecule has 2 aromatic carbocycles. The number of aryl methyl sites for hydroxylation is 1. The lowest BCUT2D eigenvalue weighted by Crippen LogP contribution is -2.53. The van der Waals surface area contributed by atoms with E-state index in [2.05, 4.69) is 45.6 Å². The van der Waals surface area contributed by atoms with Crippen molar-refractivity contribution in [3.63, 3.8) is 0 Å². The lowest BCUT2D eigenvalue weighted by molar-refractivity contribution is 0.0939. The maximum atomic E-state index is 13.6. The highest BCUT2D eigenvalue weighted by Crippen LogP contribution is 2.38. The summed E-state index contributed by atoms with van der Waals surface area (Å²) in [6, 6.07) is 11.0. The molecule has 2 aliphatic rings. The van der Waals surface area contributed by atoms with Crippen LogP contribution in [-0.2, 0) is 0 Å². The summed E-state index contributed by atoms with van der Waals surface area (Å²) in [5.74, 6) is 1.06. The first-order valence-corrected chi connectivity index (χ1v) is 14.5. The molecule has 2 aliphatic heterocycles. The van der Waals surface area contributed by atoms with Crippen LogP contribution in [0.25, 0.3) is 5.57 Å². The standard InChI is InChI=1S/C32H45N5O3/c1-7-13-40-31-29(24(17-33)18-34-5)14-23(15-30(31)39-6)22(4)35-32(38)28-16-25(10-9-21(28)3)36-19-26-11-12-27(20-36)37(26)8-2/h9-10,14-18,22,26-27,33-34H,7-8,11-13,19-20H2,1-6H3,(H,35,38)/b24-18+,33-17?/t22-,26-,27+/m1/s1. The topological polar surface area (TPSA) is 89.9 Å². The SMILES string of the molecule is CCCOc1c(OC)cc([C@@H](C)NC(=O)c2cc(N3C[C@H]4CC[C@@H](C3)N4CC)ccc2C)cc1/C(C=N)=C/NC. The summed E-state index contributed by atoms with van der Waals surface area (Å²) in [6.07, 6.45) is 6.40. The van der Waals surface area contributed by atoms with Crippen molar-refractivity contribution in [2.45, 2.75) is 65.1 Å². The monoisotopic (exact) mass is 547 g/mol. The number of piperazine rings is 1. The molecule has 8 nitrogen and oxygen atoms in total. The van der Waals surface area contributed by atoms with Crippen LogP contribution in [0.5, 0.6) is 11.5 Å². The molecule has 0 aromatic heterocycles. The minimum atomic E-state index is -0.297. The molecule has 2 aromatic rings. The van der Waals surface area contributed by atoms with E-state index in [9.17, 15) is 4.79 Å². The van der Waals surface area contributed by atoms with Crippen LogP contribution >= 0.6 is 0 Å². The van der Waals surface area contributed by atoms with Crippen molar-refractivity contribution in [3.05, 3.63) is 58.8 Å². The number of amides is 1. The highest BCUT2D eigenvalue weighted by molar-refractivity contribution is 6.09. The Morgan fingerprint density at radius 1 is 1.15 bits per heavy atom. The quantitative estimate of drug-likeness (QED) is 0.318. The fourth-order valence-electron chi connectivity index (χ4n) is 6.07. The second kappa shape index (κ2) is 13.2. The van der Waals surface area contributed by atoms with E-state index in [-0.39, 0.29) is 11.9 Å². The molecule has 8 heteroatoms. The summed E-state index contributed by atoms with van der Waals surface area (Å²) < 4.78 is 11.8. The predicted octanol–water partition coefficient (Wildman–Crippen LogP) is 5.17. The molecule has 2 saturated heterocycles. The zero-order valence-corrected chi connectivity index (χ0v) is 24.8. The molecular formula is C32H45N5O3. The van der Waals surface area contributed by atoms with Gasteiger partial charge in [0.25, 0.3) is 5.91 Å². The van der Waals surface area contributed by atoms with Crippen LogP contribution in [0.3, 0.4) is 0 Å². The molecule has 1 amide bonds. The molecule has 0 saturated carbocycles. The van der Waals surface area contributed by atoms with Gasteiger partial charge in [-0.05, 0) is 75.0 Å². The molecular weight excluding hydrogens is 502 g/mol. The number of rotatable bonds is 12. The molecule has 216 valence electrons. The number of nitrogens with one attached hydrogen (secondary N) is 3. The minimum Gasteiger partial charge on any atom is -0.493 e. The Balaban J connectivity index is 1.59. The highest BCUT2D eigenvalue weighted by atomic mass is 16.5. The van der Waals surface area contributed by atoms with Gasteiger partial charge in [0.05, 0.1) is 19.8 Å². The summed E-state index contributed by atoms with van der Waals surface area (Å²) in [5.41, 5.74) is 5.03. The van der Waals surface area contributed by atoms with Crippen LogP contribution in [0.15, 0.2) is 36.5 Å². The van der Waals surface area contributed by atoms with E-state index in [0.29, 0.717) is 41.3 Å². The first-order chi connectivity index (χ1) is 19.3. The molecule has 2 fully saturated rings. The molecule has 3 N–H and O–H groups in total. The van der Waals surface area contributed by atoms with Crippen molar-refractivity contribution in [2.75, 3.05) is 45.3 Å². The lowest BCUT2D eigenvalue weighted by Gasteiger charge is -2.41. The number of carbonyl (C=O) groups is 1. The van der Waals surface area contributed by atoms with E-state index in [1.54, 1.807) is 20.4 Å². The predicted molar refractivity (Wildman–Crippen MR) is 163 cm³/mol. The van der Waals surface area contributed by atoms with Gasteiger partial charge in [-0.15, -0.1) is 0 Å². The summed E-state index contributed by atoms with van der Waals surface area (Å²) >= 11 is 0. The first-order valence-electron chi connectivity index (χ1n) is 14.5. The smallest absolute Gasteiger partial charge is 0.252 e. The van der Waals surface area contributed by atoms with Crippen LogP contribution in [-0.4, -0.2) is 69.5 Å². The average molecular weight is 548 g/mol. The third-order valence-corrected chi connectivity index (χ3v) is 8.19. The molecule has 0 spiro atoms. The number of likely N-dealkylation sites (N-methyl/N-ethyl adjacent to an activating group) is 1. The van der Waals surface area contributed by atoms with Crippen molar-refractivity contribution in [2.24, 2.45) is 0 Å². The Morgan fingerprint density at radius 2 is 1.88 bits per heavy atom. The molecule has 2 bridgehead atoms. The lowest BCUT2D eigenvalue weighted by atomic mass is 9.98. The summed E-state index contributed by atoms with van der Waals surface area (Å²) in [6.45, 7) is 11.9. The summed E-state index contributed by atoms with van der Waals surface area (Å²) in [4.78, 5) is 18.7. The number of anilines is 1. The number of carbonyl (C=O) groups excluding carboxylic acids is 1. The third-order valence-electron chi connectivity index (χ3n) is 8.19. The minimum absolute atomic E-state index is 0.105. The Hall–Kier alpha value is -3.52. The normalized spacial score (nSPS) is 19.8. The van der Waals surface area contributed by atoms with Gasteiger partial charge >= 0.3 is 0 Å². The van der Waals surface area contributed by atoms with Gasteiger partial charge in [-0.25, -0.2) is 0 Å². The van der Waals surface area contributed by atoms with Crippen LogP contribution in [0.1, 0.15) is 73.1 Å². The first kappa shape index (κ1) is 29.5. The van der Waals surface area contributed by atoms with Gasteiger partial charge in [-0.2, -0.15) is 0 Å². The van der Waals surface area contributed by atoms with Crippen molar-refractivity contribution in [3.8, 4) is 11.5 Å². The Kier molecular flexibility index (Phi) is 9.74. The van der Waals surface area contributed by atoms with Gasteiger partial charge in [-0.3, -0.25) is 9.69 Å². The zero-order valence-electron chi connectivity index (χ0n) is 24.8. The van der Waals surface area contributed by atoms with Crippen molar-refractivity contribution in [1.82, 2.24) is 15.5 Å². The van der Waals surface area contributed by atoms with E-state index in [0.717, 1.165) is 48.4 Å². The van der Waals surface area contributed by atoms with E-state index in [1.807, 2.05) is 32.9 Å².